The number of alkyl halides is 1. The minimum atomic E-state index is -3.85. The lowest BCUT2D eigenvalue weighted by molar-refractivity contribution is 0.120. The third kappa shape index (κ3) is 5.16. The summed E-state index contributed by atoms with van der Waals surface area (Å²) < 4.78 is 32.3. The van der Waals surface area contributed by atoms with Crippen molar-refractivity contribution in [3.05, 3.63) is 0 Å². The third-order valence-electron chi connectivity index (χ3n) is 2.88. The van der Waals surface area contributed by atoms with Gasteiger partial charge in [-0.3, -0.25) is 0 Å². The molecule has 1 aliphatic rings. The molecule has 1 amide bonds. The first-order valence-electron chi connectivity index (χ1n) is 6.43. The molecule has 0 aromatic carbocycles. The van der Waals surface area contributed by atoms with Crippen molar-refractivity contribution in [3.8, 4) is 0 Å². The van der Waals surface area contributed by atoms with Crippen molar-refractivity contribution in [2.24, 2.45) is 0 Å². The van der Waals surface area contributed by atoms with Gasteiger partial charge in [-0.1, -0.05) is 6.42 Å². The molecule has 0 aromatic rings. The first-order valence-corrected chi connectivity index (χ1v) is 8.40. The van der Waals surface area contributed by atoms with Crippen LogP contribution in [0.1, 0.15) is 39.5 Å². The van der Waals surface area contributed by atoms with E-state index in [9.17, 15) is 13.2 Å². The van der Waals surface area contributed by atoms with E-state index in [0.717, 1.165) is 19.3 Å². The van der Waals surface area contributed by atoms with Gasteiger partial charge in [0.25, 0.3) is 0 Å². The fourth-order valence-electron chi connectivity index (χ4n) is 2.11. The molecular weight excluding hydrogens is 292 g/mol. The van der Waals surface area contributed by atoms with Crippen LogP contribution in [-0.2, 0) is 14.9 Å². The van der Waals surface area contributed by atoms with Gasteiger partial charge in [0.05, 0.1) is 6.10 Å². The lowest BCUT2D eigenvalue weighted by Gasteiger charge is -2.34. The van der Waals surface area contributed by atoms with Gasteiger partial charge in [-0.2, -0.15) is 12.7 Å². The van der Waals surface area contributed by atoms with Gasteiger partial charge < -0.3 is 4.74 Å². The second kappa shape index (κ2) is 7.31. The summed E-state index contributed by atoms with van der Waals surface area (Å²) in [4.78, 5) is 11.4. The number of hydrogen-bond acceptors (Lipinski definition) is 4. The number of ether oxygens (including phenoxy) is 1. The fourth-order valence-corrected chi connectivity index (χ4v) is 3.71. The van der Waals surface area contributed by atoms with E-state index >= 15 is 0 Å². The zero-order chi connectivity index (χ0) is 14.5. The van der Waals surface area contributed by atoms with Crippen molar-refractivity contribution in [2.75, 3.05) is 12.4 Å². The molecule has 1 aliphatic heterocycles. The van der Waals surface area contributed by atoms with E-state index in [0.29, 0.717) is 18.8 Å². The molecule has 1 heterocycles. The van der Waals surface area contributed by atoms with E-state index < -0.39 is 16.3 Å². The molecule has 0 radical (unpaired) electrons. The van der Waals surface area contributed by atoms with Crippen LogP contribution in [0.25, 0.3) is 0 Å². The minimum Gasteiger partial charge on any atom is -0.446 e. The maximum atomic E-state index is 12.1. The maximum absolute atomic E-state index is 12.1. The molecule has 0 saturated carbocycles. The molecule has 1 atom stereocenters. The molecule has 0 aliphatic carbocycles. The van der Waals surface area contributed by atoms with Crippen LogP contribution < -0.4 is 4.72 Å². The topological polar surface area (TPSA) is 75.7 Å². The van der Waals surface area contributed by atoms with Gasteiger partial charge in [0.15, 0.2) is 0 Å². The van der Waals surface area contributed by atoms with Crippen LogP contribution >= 0.6 is 11.6 Å². The molecule has 112 valence electrons. The van der Waals surface area contributed by atoms with Crippen LogP contribution in [-0.4, -0.2) is 43.4 Å². The van der Waals surface area contributed by atoms with Gasteiger partial charge in [-0.05, 0) is 33.1 Å². The molecule has 8 heteroatoms. The van der Waals surface area contributed by atoms with Crippen LogP contribution in [0.2, 0.25) is 0 Å². The molecule has 1 unspecified atom stereocenters. The number of piperidine rings is 1. The zero-order valence-electron chi connectivity index (χ0n) is 11.3. The van der Waals surface area contributed by atoms with E-state index in [-0.39, 0.29) is 12.1 Å². The van der Waals surface area contributed by atoms with Gasteiger partial charge in [-0.15, -0.1) is 11.6 Å². The fraction of sp³-hybridized carbons (Fsp3) is 0.909. The molecule has 0 spiro atoms. The average molecular weight is 313 g/mol. The summed E-state index contributed by atoms with van der Waals surface area (Å²) in [5, 5.41) is 0. The van der Waals surface area contributed by atoms with E-state index in [4.69, 9.17) is 16.3 Å². The second-order valence-corrected chi connectivity index (χ2v) is 6.80. The Kier molecular flexibility index (Phi) is 6.35. The van der Waals surface area contributed by atoms with E-state index in [2.05, 4.69) is 0 Å². The lowest BCUT2D eigenvalue weighted by atomic mass is 10.0. The summed E-state index contributed by atoms with van der Waals surface area (Å²) in [6.07, 6.45) is 1.82. The number of nitrogens with zero attached hydrogens (tertiary/aromatic N) is 1. The Hall–Kier alpha value is -0.530. The van der Waals surface area contributed by atoms with Crippen molar-refractivity contribution in [1.82, 2.24) is 9.03 Å². The molecule has 19 heavy (non-hydrogen) atoms. The number of halogens is 1. The highest BCUT2D eigenvalue weighted by Gasteiger charge is 2.33. The largest absolute Gasteiger partial charge is 0.446 e. The van der Waals surface area contributed by atoms with E-state index in [1.54, 1.807) is 13.8 Å². The molecule has 1 N–H and O–H groups in total. The number of carbonyl (C=O) groups is 1. The third-order valence-corrected chi connectivity index (χ3v) is 4.62. The number of amides is 1. The molecule has 6 nitrogen and oxygen atoms in total. The van der Waals surface area contributed by atoms with Gasteiger partial charge in [0, 0.05) is 18.5 Å². The van der Waals surface area contributed by atoms with Crippen molar-refractivity contribution in [3.63, 3.8) is 0 Å². The molecule has 0 aromatic heterocycles. The first kappa shape index (κ1) is 16.5. The predicted molar refractivity (Wildman–Crippen MR) is 73.4 cm³/mol. The van der Waals surface area contributed by atoms with Crippen LogP contribution in [0.3, 0.4) is 0 Å². The van der Waals surface area contributed by atoms with Crippen molar-refractivity contribution < 1.29 is 17.9 Å². The Labute approximate surface area is 119 Å². The molecule has 1 saturated heterocycles. The van der Waals surface area contributed by atoms with Gasteiger partial charge in [0.2, 0.25) is 0 Å². The molecule has 1 fully saturated rings. The highest BCUT2D eigenvalue weighted by atomic mass is 35.5. The predicted octanol–water partition coefficient (Wildman–Crippen LogP) is 1.85. The maximum Gasteiger partial charge on any atom is 0.422 e. The van der Waals surface area contributed by atoms with Crippen LogP contribution in [0, 0.1) is 0 Å². The Bertz CT molecular complexity index is 397. The van der Waals surface area contributed by atoms with Crippen molar-refractivity contribution >= 4 is 27.9 Å². The second-order valence-electron chi connectivity index (χ2n) is 4.80. The summed E-state index contributed by atoms with van der Waals surface area (Å²) in [5.74, 6) is 0.396. The summed E-state index contributed by atoms with van der Waals surface area (Å²) in [6.45, 7) is 3.72. The summed E-state index contributed by atoms with van der Waals surface area (Å²) >= 11 is 5.69. The molecular formula is C11H21ClN2O4S. The van der Waals surface area contributed by atoms with E-state index in [1.807, 2.05) is 4.72 Å². The number of rotatable bonds is 5. The van der Waals surface area contributed by atoms with Crippen LogP contribution in [0.5, 0.6) is 0 Å². The Morgan fingerprint density at radius 2 is 2.16 bits per heavy atom. The number of carbonyl (C=O) groups excluding carboxylic acids is 1. The molecule has 1 rings (SSSR count). The summed E-state index contributed by atoms with van der Waals surface area (Å²) in [7, 11) is -3.85. The summed E-state index contributed by atoms with van der Waals surface area (Å²) in [6, 6.07) is -0.143. The van der Waals surface area contributed by atoms with E-state index in [1.165, 1.54) is 4.31 Å². The van der Waals surface area contributed by atoms with Gasteiger partial charge in [0.1, 0.15) is 0 Å². The molecule has 0 bridgehead atoms. The Morgan fingerprint density at radius 3 is 2.74 bits per heavy atom. The van der Waals surface area contributed by atoms with Crippen molar-refractivity contribution in [1.29, 1.82) is 0 Å². The van der Waals surface area contributed by atoms with Gasteiger partial charge >= 0.3 is 16.3 Å². The first-order chi connectivity index (χ1) is 8.86. The quantitative estimate of drug-likeness (QED) is 0.786. The number of nitrogens with one attached hydrogen (secondary N) is 1. The van der Waals surface area contributed by atoms with Crippen molar-refractivity contribution in [2.45, 2.75) is 51.7 Å². The lowest BCUT2D eigenvalue weighted by Crippen LogP contribution is -2.50. The standard InChI is InChI=1S/C11H21ClN2O4S/c1-9(2)18-11(15)13-19(16,17)14-8-4-3-5-10(14)6-7-12/h9-10H,3-8H2,1-2H3,(H,13,15). The van der Waals surface area contributed by atoms with Crippen LogP contribution in [0.15, 0.2) is 0 Å². The smallest absolute Gasteiger partial charge is 0.422 e. The highest BCUT2D eigenvalue weighted by Crippen LogP contribution is 2.22. The zero-order valence-corrected chi connectivity index (χ0v) is 12.8. The highest BCUT2D eigenvalue weighted by molar-refractivity contribution is 7.87. The van der Waals surface area contributed by atoms with Gasteiger partial charge in [-0.25, -0.2) is 9.52 Å². The monoisotopic (exact) mass is 312 g/mol. The SMILES string of the molecule is CC(C)OC(=O)NS(=O)(=O)N1CCCCC1CCCl. The Balaban J connectivity index is 2.70. The average Bonchev–Trinajstić information content (AvgIpc) is 2.27. The normalized spacial score (nSPS) is 21.4. The Morgan fingerprint density at radius 1 is 1.47 bits per heavy atom. The summed E-state index contributed by atoms with van der Waals surface area (Å²) in [5.41, 5.74) is 0. The minimum absolute atomic E-state index is 0.143. The number of hydrogen-bond donors (Lipinski definition) is 1. The van der Waals surface area contributed by atoms with Crippen LogP contribution in [0.4, 0.5) is 4.79 Å².